The number of pyridine rings is 1. The van der Waals surface area contributed by atoms with E-state index < -0.39 is 6.04 Å². The number of amides is 3. The highest BCUT2D eigenvalue weighted by Gasteiger charge is 2.38. The van der Waals surface area contributed by atoms with Crippen LogP contribution in [0.25, 0.3) is 0 Å². The van der Waals surface area contributed by atoms with Crippen LogP contribution < -0.4 is 10.6 Å². The number of hydrogen-bond acceptors (Lipinski definition) is 3. The zero-order valence-corrected chi connectivity index (χ0v) is 15.1. The Labute approximate surface area is 149 Å². The normalized spacial score (nSPS) is 20.7. The molecule has 1 saturated carbocycles. The van der Waals surface area contributed by atoms with Crippen molar-refractivity contribution in [3.8, 4) is 0 Å². The van der Waals surface area contributed by atoms with Crippen LogP contribution in [-0.2, 0) is 11.2 Å². The van der Waals surface area contributed by atoms with E-state index in [2.05, 4.69) is 29.5 Å². The largest absolute Gasteiger partial charge is 0.338 e. The number of nitrogens with one attached hydrogen (secondary N) is 2. The van der Waals surface area contributed by atoms with Gasteiger partial charge in [0.05, 0.1) is 0 Å². The van der Waals surface area contributed by atoms with Gasteiger partial charge in [-0.25, -0.2) is 9.78 Å². The fourth-order valence-corrected chi connectivity index (χ4v) is 3.31. The molecule has 3 amide bonds. The van der Waals surface area contributed by atoms with Gasteiger partial charge in [0.25, 0.3) is 0 Å². The van der Waals surface area contributed by atoms with E-state index in [1.165, 1.54) is 12.0 Å². The molecule has 1 aromatic rings. The minimum absolute atomic E-state index is 0.0526. The lowest BCUT2D eigenvalue weighted by atomic mass is 9.92. The summed E-state index contributed by atoms with van der Waals surface area (Å²) in [5, 5.41) is 5.51. The van der Waals surface area contributed by atoms with Gasteiger partial charge in [-0.2, -0.15) is 0 Å². The molecule has 3 rings (SSSR count). The second kappa shape index (κ2) is 7.85. The average Bonchev–Trinajstić information content (AvgIpc) is 2.86. The third kappa shape index (κ3) is 4.50. The summed E-state index contributed by atoms with van der Waals surface area (Å²) in [6.45, 7) is 5.14. The van der Waals surface area contributed by atoms with E-state index in [0.29, 0.717) is 24.2 Å². The monoisotopic (exact) mass is 344 g/mol. The van der Waals surface area contributed by atoms with Crippen LogP contribution >= 0.6 is 0 Å². The van der Waals surface area contributed by atoms with E-state index >= 15 is 0 Å². The zero-order chi connectivity index (χ0) is 17.8. The van der Waals surface area contributed by atoms with Crippen molar-refractivity contribution in [2.45, 2.75) is 64.5 Å². The Kier molecular flexibility index (Phi) is 5.56. The molecule has 0 bridgehead atoms. The van der Waals surface area contributed by atoms with Crippen LogP contribution in [-0.4, -0.2) is 40.5 Å². The van der Waals surface area contributed by atoms with Crippen LogP contribution in [0, 0.1) is 5.92 Å². The van der Waals surface area contributed by atoms with Crippen LogP contribution in [0.15, 0.2) is 18.3 Å². The van der Waals surface area contributed by atoms with Gasteiger partial charge in [0.1, 0.15) is 11.9 Å². The maximum absolute atomic E-state index is 12.4. The molecule has 6 nitrogen and oxygen atoms in total. The molecule has 1 atom stereocenters. The summed E-state index contributed by atoms with van der Waals surface area (Å²) >= 11 is 0. The van der Waals surface area contributed by atoms with Gasteiger partial charge >= 0.3 is 6.03 Å². The van der Waals surface area contributed by atoms with Crippen molar-refractivity contribution in [1.29, 1.82) is 0 Å². The number of carbonyl (C=O) groups excluding carboxylic acids is 2. The molecular weight excluding hydrogens is 316 g/mol. The Balaban J connectivity index is 1.46. The van der Waals surface area contributed by atoms with E-state index in [4.69, 9.17) is 0 Å². The number of rotatable bonds is 6. The molecule has 136 valence electrons. The molecule has 1 saturated heterocycles. The zero-order valence-electron chi connectivity index (χ0n) is 15.1. The minimum Gasteiger partial charge on any atom is -0.338 e. The van der Waals surface area contributed by atoms with Gasteiger partial charge in [-0.15, -0.1) is 0 Å². The van der Waals surface area contributed by atoms with Crippen molar-refractivity contribution >= 4 is 17.8 Å². The second-order valence-corrected chi connectivity index (χ2v) is 7.54. The smallest absolute Gasteiger partial charge is 0.321 e. The van der Waals surface area contributed by atoms with Crippen molar-refractivity contribution in [3.63, 3.8) is 0 Å². The molecule has 25 heavy (non-hydrogen) atoms. The van der Waals surface area contributed by atoms with Crippen molar-refractivity contribution in [3.05, 3.63) is 23.9 Å². The maximum Gasteiger partial charge on any atom is 0.321 e. The van der Waals surface area contributed by atoms with Crippen LogP contribution in [0.5, 0.6) is 0 Å². The summed E-state index contributed by atoms with van der Waals surface area (Å²) in [5.41, 5.74) is 1.17. The number of nitrogens with zero attached hydrogens (tertiary/aromatic N) is 2. The molecular formula is C19H28N4O2. The Morgan fingerprint density at radius 3 is 2.72 bits per heavy atom. The lowest BCUT2D eigenvalue weighted by Crippen LogP contribution is -2.47. The Morgan fingerprint density at radius 2 is 2.12 bits per heavy atom. The van der Waals surface area contributed by atoms with Crippen LogP contribution in [0.2, 0.25) is 0 Å². The fourth-order valence-electron chi connectivity index (χ4n) is 3.31. The molecule has 2 fully saturated rings. The van der Waals surface area contributed by atoms with Gasteiger partial charge in [-0.05, 0) is 56.1 Å². The molecule has 1 unspecified atom stereocenters. The number of urea groups is 1. The number of aromatic nitrogens is 1. The maximum atomic E-state index is 12.4. The van der Waals surface area contributed by atoms with Gasteiger partial charge in [0.2, 0.25) is 5.91 Å². The first-order chi connectivity index (χ1) is 12.0. The van der Waals surface area contributed by atoms with Crippen LogP contribution in [0.1, 0.15) is 51.5 Å². The van der Waals surface area contributed by atoms with E-state index in [1.54, 1.807) is 6.20 Å². The first-order valence-electron chi connectivity index (χ1n) is 9.36. The molecule has 2 heterocycles. The first-order valence-corrected chi connectivity index (χ1v) is 9.36. The lowest BCUT2D eigenvalue weighted by Gasteiger charge is -2.34. The summed E-state index contributed by atoms with van der Waals surface area (Å²) < 4.78 is 0. The molecule has 0 spiro atoms. The average molecular weight is 344 g/mol. The van der Waals surface area contributed by atoms with E-state index in [0.717, 1.165) is 32.2 Å². The van der Waals surface area contributed by atoms with E-state index in [9.17, 15) is 9.59 Å². The highest BCUT2D eigenvalue weighted by atomic mass is 16.2. The number of anilines is 1. The summed E-state index contributed by atoms with van der Waals surface area (Å²) in [4.78, 5) is 30.7. The Bertz CT molecular complexity index is 610. The standard InChI is InChI=1S/C19H28N4O2/c1-13(2)6-7-14-8-9-17(20-12-14)22-19(25)21-16-10-11-23(18(16)24)15-4-3-5-15/h8-9,12-13,15-16H,3-7,10-11H2,1-2H3,(H2,20,21,22,25). The van der Waals surface area contributed by atoms with Gasteiger partial charge in [0, 0.05) is 18.8 Å². The van der Waals surface area contributed by atoms with Crippen molar-refractivity contribution in [1.82, 2.24) is 15.2 Å². The lowest BCUT2D eigenvalue weighted by molar-refractivity contribution is -0.132. The molecule has 2 aliphatic rings. The fraction of sp³-hybridized carbons (Fsp3) is 0.632. The molecule has 0 aromatic carbocycles. The SMILES string of the molecule is CC(C)CCc1ccc(NC(=O)NC2CCN(C3CCC3)C2=O)nc1. The molecule has 0 radical (unpaired) electrons. The molecule has 1 aromatic heterocycles. The van der Waals surface area contributed by atoms with Crippen LogP contribution in [0.3, 0.4) is 0 Å². The quantitative estimate of drug-likeness (QED) is 0.833. The third-order valence-electron chi connectivity index (χ3n) is 5.14. The third-order valence-corrected chi connectivity index (χ3v) is 5.14. The summed E-state index contributed by atoms with van der Waals surface area (Å²) in [7, 11) is 0. The predicted molar refractivity (Wildman–Crippen MR) is 97.3 cm³/mol. The van der Waals surface area contributed by atoms with Crippen LogP contribution in [0.4, 0.5) is 10.6 Å². The van der Waals surface area contributed by atoms with E-state index in [1.807, 2.05) is 17.0 Å². The van der Waals surface area contributed by atoms with Gasteiger partial charge in [0.15, 0.2) is 0 Å². The molecule has 6 heteroatoms. The predicted octanol–water partition coefficient (Wildman–Crippen LogP) is 2.95. The van der Waals surface area contributed by atoms with Crippen molar-refractivity contribution < 1.29 is 9.59 Å². The molecule has 1 aliphatic heterocycles. The topological polar surface area (TPSA) is 74.3 Å². The number of hydrogen-bond donors (Lipinski definition) is 2. The van der Waals surface area contributed by atoms with Gasteiger partial charge in [-0.3, -0.25) is 10.1 Å². The Morgan fingerprint density at radius 1 is 1.32 bits per heavy atom. The summed E-state index contributed by atoms with van der Waals surface area (Å²) in [5.74, 6) is 1.22. The number of carbonyl (C=O) groups is 2. The number of likely N-dealkylation sites (tertiary alicyclic amines) is 1. The minimum atomic E-state index is -0.411. The highest BCUT2D eigenvalue weighted by Crippen LogP contribution is 2.28. The summed E-state index contributed by atoms with van der Waals surface area (Å²) in [6.07, 6.45) is 7.99. The van der Waals surface area contributed by atoms with Gasteiger partial charge in [-0.1, -0.05) is 19.9 Å². The second-order valence-electron chi connectivity index (χ2n) is 7.54. The first kappa shape index (κ1) is 17.7. The van der Waals surface area contributed by atoms with Gasteiger partial charge < -0.3 is 10.2 Å². The van der Waals surface area contributed by atoms with Crippen molar-refractivity contribution in [2.75, 3.05) is 11.9 Å². The molecule has 1 aliphatic carbocycles. The van der Waals surface area contributed by atoms with E-state index in [-0.39, 0.29) is 11.9 Å². The Hall–Kier alpha value is -2.11. The van der Waals surface area contributed by atoms with Crippen molar-refractivity contribution in [2.24, 2.45) is 5.92 Å². The highest BCUT2D eigenvalue weighted by molar-refractivity contribution is 5.94. The summed E-state index contributed by atoms with van der Waals surface area (Å²) in [6, 6.07) is 3.42. The number of aryl methyl sites for hydroxylation is 1. The molecule has 2 N–H and O–H groups in total.